The van der Waals surface area contributed by atoms with Crippen LogP contribution in [0, 0.1) is 11.3 Å². The first kappa shape index (κ1) is 23.3. The van der Waals surface area contributed by atoms with Gasteiger partial charge in [-0.15, -0.1) is 0 Å². The molecule has 7 nitrogen and oxygen atoms in total. The molecule has 5 rings (SSSR count). The molecule has 1 amide bonds. The first-order valence-corrected chi connectivity index (χ1v) is 11.8. The van der Waals surface area contributed by atoms with Crippen LogP contribution in [0.3, 0.4) is 0 Å². The Morgan fingerprint density at radius 3 is 2.68 bits per heavy atom. The summed E-state index contributed by atoms with van der Waals surface area (Å²) in [5, 5.41) is 11.7. The zero-order valence-electron chi connectivity index (χ0n) is 20.2. The van der Waals surface area contributed by atoms with Crippen molar-refractivity contribution in [3.8, 4) is 11.3 Å². The van der Waals surface area contributed by atoms with E-state index in [-0.39, 0.29) is 0 Å². The molecule has 0 unspecified atom stereocenters. The number of nitrogens with zero attached hydrogens (tertiary/aromatic N) is 2. The molecule has 3 heterocycles. The molecule has 2 aromatic carbocycles. The lowest BCUT2D eigenvalue weighted by Gasteiger charge is -2.18. The lowest BCUT2D eigenvalue weighted by atomic mass is 10.0. The number of pyridine rings is 1. The van der Waals surface area contributed by atoms with Crippen LogP contribution in [0.25, 0.3) is 33.2 Å². The summed E-state index contributed by atoms with van der Waals surface area (Å²) in [6.45, 7) is 8.39. The predicted octanol–water partition coefficient (Wildman–Crippen LogP) is 5.39. The SMILES string of the molecule is CC.CNc1ccc(-c2cc(C(N)=O)c3[nH]c4cc(N5CC[C@@H](C)C5)ccc4c3n2)cc1C=N. The highest BCUT2D eigenvalue weighted by molar-refractivity contribution is 6.14. The molecule has 0 saturated carbocycles. The van der Waals surface area contributed by atoms with Crippen molar-refractivity contribution in [2.75, 3.05) is 30.4 Å². The molecule has 1 saturated heterocycles. The second kappa shape index (κ2) is 9.55. The van der Waals surface area contributed by atoms with Crippen molar-refractivity contribution in [1.29, 1.82) is 5.41 Å². The van der Waals surface area contributed by atoms with E-state index >= 15 is 0 Å². The van der Waals surface area contributed by atoms with Crippen molar-refractivity contribution in [3.63, 3.8) is 0 Å². The Morgan fingerprint density at radius 1 is 1.24 bits per heavy atom. The maximum atomic E-state index is 12.3. The number of benzene rings is 2. The molecule has 0 radical (unpaired) electrons. The van der Waals surface area contributed by atoms with Gasteiger partial charge in [0.1, 0.15) is 0 Å². The van der Waals surface area contributed by atoms with Crippen molar-refractivity contribution in [1.82, 2.24) is 9.97 Å². The van der Waals surface area contributed by atoms with Gasteiger partial charge in [0.05, 0.1) is 27.8 Å². The van der Waals surface area contributed by atoms with Gasteiger partial charge >= 0.3 is 0 Å². The number of H-pyrrole nitrogens is 1. The van der Waals surface area contributed by atoms with Crippen LogP contribution in [0.2, 0.25) is 0 Å². The summed E-state index contributed by atoms with van der Waals surface area (Å²) in [4.78, 5) is 23.0. The number of anilines is 2. The van der Waals surface area contributed by atoms with Gasteiger partial charge in [-0.2, -0.15) is 0 Å². The van der Waals surface area contributed by atoms with Crippen molar-refractivity contribution in [3.05, 3.63) is 53.6 Å². The third-order valence-corrected chi connectivity index (χ3v) is 6.36. The molecular weight excluding hydrogens is 424 g/mol. The third kappa shape index (κ3) is 4.09. The number of fused-ring (bicyclic) bond motifs is 3. The number of primary amides is 1. The summed E-state index contributed by atoms with van der Waals surface area (Å²) < 4.78 is 0. The normalized spacial score (nSPS) is 15.3. The molecule has 0 spiro atoms. The number of aromatic amines is 1. The lowest BCUT2D eigenvalue weighted by Crippen LogP contribution is -2.18. The number of carbonyl (C=O) groups is 1. The Kier molecular flexibility index (Phi) is 6.54. The summed E-state index contributed by atoms with van der Waals surface area (Å²) in [5.74, 6) is 0.192. The fourth-order valence-corrected chi connectivity index (χ4v) is 4.62. The molecule has 0 bridgehead atoms. The predicted molar refractivity (Wildman–Crippen MR) is 142 cm³/mol. The molecular formula is C27H32N6O. The molecule has 1 fully saturated rings. The van der Waals surface area contributed by atoms with E-state index in [0.717, 1.165) is 46.3 Å². The van der Waals surface area contributed by atoms with Gasteiger partial charge in [0, 0.05) is 54.2 Å². The molecule has 1 aliphatic heterocycles. The van der Waals surface area contributed by atoms with Crippen LogP contribution in [0.4, 0.5) is 11.4 Å². The Bertz CT molecular complexity index is 1370. The van der Waals surface area contributed by atoms with Crippen LogP contribution in [-0.4, -0.2) is 42.2 Å². The minimum absolute atomic E-state index is 0.409. The Balaban J connectivity index is 0.00000133. The fourth-order valence-electron chi connectivity index (χ4n) is 4.62. The average molecular weight is 457 g/mol. The van der Waals surface area contributed by atoms with E-state index in [1.165, 1.54) is 18.3 Å². The molecule has 1 atom stereocenters. The number of amides is 1. The van der Waals surface area contributed by atoms with Gasteiger partial charge in [0.2, 0.25) is 0 Å². The summed E-state index contributed by atoms with van der Waals surface area (Å²) in [6.07, 6.45) is 2.50. The van der Waals surface area contributed by atoms with Crippen LogP contribution >= 0.6 is 0 Å². The van der Waals surface area contributed by atoms with Crippen LogP contribution in [0.1, 0.15) is 43.1 Å². The van der Waals surface area contributed by atoms with Crippen LogP contribution < -0.4 is 16.0 Å². The first-order chi connectivity index (χ1) is 16.5. The smallest absolute Gasteiger partial charge is 0.250 e. The van der Waals surface area contributed by atoms with Crippen molar-refractivity contribution in [2.24, 2.45) is 11.7 Å². The van der Waals surface area contributed by atoms with E-state index in [0.29, 0.717) is 22.7 Å². The Labute approximate surface area is 199 Å². The number of hydrogen-bond acceptors (Lipinski definition) is 5. The number of carbonyl (C=O) groups excluding carboxylic acids is 1. The van der Waals surface area contributed by atoms with Crippen molar-refractivity contribution in [2.45, 2.75) is 27.2 Å². The van der Waals surface area contributed by atoms with E-state index in [4.69, 9.17) is 16.1 Å². The summed E-state index contributed by atoms with van der Waals surface area (Å²) in [6, 6.07) is 13.8. The van der Waals surface area contributed by atoms with Gasteiger partial charge < -0.3 is 26.3 Å². The van der Waals surface area contributed by atoms with Gasteiger partial charge in [0.25, 0.3) is 5.91 Å². The zero-order valence-corrected chi connectivity index (χ0v) is 20.2. The second-order valence-corrected chi connectivity index (χ2v) is 8.53. The zero-order chi connectivity index (χ0) is 24.4. The van der Waals surface area contributed by atoms with E-state index in [2.05, 4.69) is 40.3 Å². The number of hydrogen-bond donors (Lipinski definition) is 4. The number of nitrogens with one attached hydrogen (secondary N) is 3. The van der Waals surface area contributed by atoms with Crippen LogP contribution in [-0.2, 0) is 0 Å². The van der Waals surface area contributed by atoms with Gasteiger partial charge in [-0.3, -0.25) is 4.79 Å². The molecule has 1 aliphatic rings. The van der Waals surface area contributed by atoms with Crippen LogP contribution in [0.15, 0.2) is 42.5 Å². The highest BCUT2D eigenvalue weighted by Crippen LogP contribution is 2.34. The van der Waals surface area contributed by atoms with Gasteiger partial charge in [-0.05, 0) is 48.7 Å². The quantitative estimate of drug-likeness (QED) is 0.302. The first-order valence-electron chi connectivity index (χ1n) is 11.8. The third-order valence-electron chi connectivity index (χ3n) is 6.36. The number of aromatic nitrogens is 2. The monoisotopic (exact) mass is 456 g/mol. The largest absolute Gasteiger partial charge is 0.388 e. The summed E-state index contributed by atoms with van der Waals surface area (Å²) in [7, 11) is 1.82. The lowest BCUT2D eigenvalue weighted by molar-refractivity contribution is 0.100. The fraction of sp³-hybridized carbons (Fsp3) is 0.296. The van der Waals surface area contributed by atoms with Gasteiger partial charge in [-0.1, -0.05) is 26.8 Å². The van der Waals surface area contributed by atoms with E-state index in [1.54, 1.807) is 6.07 Å². The second-order valence-electron chi connectivity index (χ2n) is 8.53. The standard InChI is InChI=1S/C25H26N6O.C2H6/c1-14-7-8-31(13-14)17-4-5-18-22(10-17)30-24-19(25(27)32)11-21(29-23(18)24)15-3-6-20(28-2)16(9-15)12-26;1-2/h3-6,9-12,14,26,28,30H,7-8,13H2,1-2H3,(H2,27,32);1-2H3/t14-;/m1./s1. The molecule has 0 aliphatic carbocycles. The van der Waals surface area contributed by atoms with Crippen molar-refractivity contribution < 1.29 is 4.79 Å². The Morgan fingerprint density at radius 2 is 2.03 bits per heavy atom. The summed E-state index contributed by atoms with van der Waals surface area (Å²) >= 11 is 0. The highest BCUT2D eigenvalue weighted by Gasteiger charge is 2.21. The van der Waals surface area contributed by atoms with E-state index in [1.807, 2.05) is 39.1 Å². The molecule has 4 aromatic rings. The Hall–Kier alpha value is -3.87. The average Bonchev–Trinajstić information content (AvgIpc) is 3.46. The summed E-state index contributed by atoms with van der Waals surface area (Å²) in [5.41, 5.74) is 12.7. The highest BCUT2D eigenvalue weighted by atomic mass is 16.1. The van der Waals surface area contributed by atoms with Crippen molar-refractivity contribution >= 4 is 45.4 Å². The molecule has 34 heavy (non-hydrogen) atoms. The molecule has 176 valence electrons. The molecule has 2 aromatic heterocycles. The van der Waals surface area contributed by atoms with E-state index < -0.39 is 5.91 Å². The minimum Gasteiger partial charge on any atom is -0.388 e. The van der Waals surface area contributed by atoms with E-state index in [9.17, 15) is 4.79 Å². The number of rotatable bonds is 5. The maximum absolute atomic E-state index is 12.3. The van der Waals surface area contributed by atoms with Gasteiger partial charge in [0.15, 0.2) is 0 Å². The maximum Gasteiger partial charge on any atom is 0.250 e. The topological polar surface area (TPSA) is 111 Å². The molecule has 7 heteroatoms. The number of nitrogens with two attached hydrogens (primary N) is 1. The minimum atomic E-state index is -0.502. The van der Waals surface area contributed by atoms with Gasteiger partial charge in [-0.25, -0.2) is 4.98 Å². The van der Waals surface area contributed by atoms with Crippen LogP contribution in [0.5, 0.6) is 0 Å². The molecule has 5 N–H and O–H groups in total.